The molecule has 6 aromatic carbocycles. The van der Waals surface area contributed by atoms with Crippen LogP contribution in [-0.4, -0.2) is 85.3 Å². The van der Waals surface area contributed by atoms with Gasteiger partial charge in [0.1, 0.15) is 46.1 Å². The number of H-pyrrole nitrogens is 2. The van der Waals surface area contributed by atoms with Crippen LogP contribution >= 0.6 is 12.2 Å². The average Bonchev–Trinajstić information content (AvgIpc) is 4.24. The van der Waals surface area contributed by atoms with E-state index < -0.39 is 0 Å². The zero-order valence-corrected chi connectivity index (χ0v) is 43.8. The fourth-order valence-electron chi connectivity index (χ4n) is 9.03. The van der Waals surface area contributed by atoms with Gasteiger partial charge in [0.2, 0.25) is 0 Å². The van der Waals surface area contributed by atoms with Crippen LogP contribution in [0.5, 0.6) is 34.5 Å². The highest BCUT2D eigenvalue weighted by Crippen LogP contribution is 2.40. The number of phenolic OH excluding ortho intramolecular Hbond substituents is 6. The number of nitrogens with zero attached hydrogens (tertiary/aromatic N) is 7. The molecule has 0 atom stereocenters. The molecular weight excluding hydrogens is 986 g/mol. The van der Waals surface area contributed by atoms with Crippen molar-refractivity contribution in [3.05, 3.63) is 176 Å². The normalized spacial score (nSPS) is 11.7. The highest BCUT2D eigenvalue weighted by molar-refractivity contribution is 7.71. The molecule has 1 aliphatic heterocycles. The highest BCUT2D eigenvalue weighted by Gasteiger charge is 2.22. The van der Waals surface area contributed by atoms with Gasteiger partial charge in [-0.05, 0) is 128 Å². The summed E-state index contributed by atoms with van der Waals surface area (Å²) in [5, 5.41) is 68.9. The summed E-state index contributed by atoms with van der Waals surface area (Å²) in [5.74, 6) is 0.518. The van der Waals surface area contributed by atoms with Gasteiger partial charge >= 0.3 is 5.69 Å². The van der Waals surface area contributed by atoms with E-state index in [0.717, 1.165) is 56.5 Å². The van der Waals surface area contributed by atoms with Gasteiger partial charge in [-0.15, -0.1) is 0 Å². The Morgan fingerprint density at radius 3 is 1.74 bits per heavy atom. The summed E-state index contributed by atoms with van der Waals surface area (Å²) in [6.07, 6.45) is 9.21. The maximum absolute atomic E-state index is 13.4. The Morgan fingerprint density at radius 1 is 0.618 bits per heavy atom. The predicted octanol–water partition coefficient (Wildman–Crippen LogP) is 11.5. The molecule has 390 valence electrons. The van der Waals surface area contributed by atoms with E-state index in [1.54, 1.807) is 49.1 Å². The van der Waals surface area contributed by atoms with Crippen LogP contribution in [0.25, 0.3) is 50.8 Å². The number of aromatic amines is 2. The van der Waals surface area contributed by atoms with Gasteiger partial charge in [-0.2, -0.15) is 10.2 Å². The molecule has 0 unspecified atom stereocenters. The monoisotopic (exact) mass is 1040 g/mol. The zero-order chi connectivity index (χ0) is 54.5. The molecule has 76 heavy (non-hydrogen) atoms. The first kappa shape index (κ1) is 53.1. The summed E-state index contributed by atoms with van der Waals surface area (Å²) < 4.78 is 19.2. The molecule has 0 radical (unpaired) electrons. The van der Waals surface area contributed by atoms with E-state index in [-0.39, 0.29) is 46.0 Å². The van der Waals surface area contributed by atoms with E-state index in [1.165, 1.54) is 34.9 Å². The Bertz CT molecular complexity index is 3810. The van der Waals surface area contributed by atoms with Crippen molar-refractivity contribution in [2.45, 2.75) is 60.3 Å². The number of hydrogen-bond donors (Lipinski definition) is 8. The SMILES string of the molecule is CCc1cc(-c2c[nH]c(=O)n2-c2ccccc2C2=NN=CC2)c(O)cc1O.CCc1cc(-c2c[nH]c(=S)n2-c2cccc(N(C)C)c2)c(O)cc1O.CCc1cc(-c2cnc(C)n2-c2ccc(F)cc2C)c(O)cc1O. The lowest BCUT2D eigenvalue weighted by Gasteiger charge is -2.16. The number of halogens is 1. The molecule has 0 bridgehead atoms. The number of anilines is 1. The second-order valence-electron chi connectivity index (χ2n) is 18.1. The van der Waals surface area contributed by atoms with Gasteiger partial charge in [0.05, 0.1) is 46.1 Å². The first-order valence-electron chi connectivity index (χ1n) is 24.5. The second-order valence-corrected chi connectivity index (χ2v) is 18.5. The number of para-hydroxylation sites is 1. The molecule has 0 fully saturated rings. The third-order valence-corrected chi connectivity index (χ3v) is 13.4. The van der Waals surface area contributed by atoms with E-state index in [1.807, 2.05) is 111 Å². The van der Waals surface area contributed by atoms with Gasteiger partial charge < -0.3 is 45.5 Å². The maximum Gasteiger partial charge on any atom is 0.330 e. The van der Waals surface area contributed by atoms with Gasteiger partial charge in [0.25, 0.3) is 0 Å². The number of benzene rings is 6. The molecular formula is C58H58FN9O7S. The first-order chi connectivity index (χ1) is 36.4. The highest BCUT2D eigenvalue weighted by atomic mass is 32.1. The summed E-state index contributed by atoms with van der Waals surface area (Å²) in [6, 6.07) is 29.3. The van der Waals surface area contributed by atoms with Crippen molar-refractivity contribution < 1.29 is 35.0 Å². The molecule has 0 saturated carbocycles. The van der Waals surface area contributed by atoms with Crippen LogP contribution in [0.15, 0.2) is 137 Å². The Kier molecular flexibility index (Phi) is 15.8. The molecule has 0 spiro atoms. The third kappa shape index (κ3) is 10.7. The number of rotatable bonds is 11. The lowest BCUT2D eigenvalue weighted by Crippen LogP contribution is -2.18. The molecule has 18 heteroatoms. The number of aromatic nitrogens is 6. The Morgan fingerprint density at radius 2 is 1.18 bits per heavy atom. The molecule has 0 saturated heterocycles. The van der Waals surface area contributed by atoms with Crippen LogP contribution in [0.3, 0.4) is 0 Å². The van der Waals surface area contributed by atoms with Gasteiger partial charge in [0, 0.05) is 85.3 Å². The Labute approximate surface area is 443 Å². The molecule has 0 aliphatic carbocycles. The summed E-state index contributed by atoms with van der Waals surface area (Å²) in [5.41, 5.74) is 11.2. The summed E-state index contributed by atoms with van der Waals surface area (Å²) in [6.45, 7) is 9.48. The summed E-state index contributed by atoms with van der Waals surface area (Å²) in [7, 11) is 3.96. The Balaban J connectivity index is 0.000000151. The summed E-state index contributed by atoms with van der Waals surface area (Å²) in [4.78, 5) is 24.7. The van der Waals surface area contributed by atoms with E-state index in [2.05, 4.69) is 25.2 Å². The van der Waals surface area contributed by atoms with Crippen LogP contribution in [0.2, 0.25) is 0 Å². The standard InChI is InChI=1S/C20H18N4O3.C19H19FN2O2.C19H21N3O2S/c1-2-12-9-14(19(26)10-18(12)25)17-11-21-20(27)24(17)16-6-4-3-5-13(16)15-7-8-22-23-15;1-4-13-8-15(19(24)9-18(13)23)17-10-21-12(3)22(17)16-6-5-14(20)7-11(16)2;1-4-12-8-15(18(24)10-17(12)23)16-11-20-19(25)22(16)14-7-5-6-13(9-14)21(2)3/h3-6,8-11,25-26H,2,7H2,1H3,(H,21,27);5-10,23-24H,4H2,1-3H3;5-11,23-24H,4H2,1-3H3,(H,20,25). The molecule has 4 heterocycles. The topological polar surface area (TPSA) is 226 Å². The number of aryl methyl sites for hydroxylation is 5. The molecule has 10 rings (SSSR count). The van der Waals surface area contributed by atoms with E-state index in [0.29, 0.717) is 69.8 Å². The number of phenols is 6. The van der Waals surface area contributed by atoms with E-state index in [4.69, 9.17) is 12.2 Å². The summed E-state index contributed by atoms with van der Waals surface area (Å²) >= 11 is 5.46. The lowest BCUT2D eigenvalue weighted by molar-refractivity contribution is 0.446. The van der Waals surface area contributed by atoms with Gasteiger partial charge in [-0.3, -0.25) is 13.7 Å². The first-order valence-corrected chi connectivity index (χ1v) is 24.9. The number of nitrogens with one attached hydrogen (secondary N) is 2. The molecule has 16 nitrogen and oxygen atoms in total. The predicted molar refractivity (Wildman–Crippen MR) is 299 cm³/mol. The van der Waals surface area contributed by atoms with Crippen molar-refractivity contribution in [2.24, 2.45) is 10.2 Å². The van der Waals surface area contributed by atoms with Crippen molar-refractivity contribution in [2.75, 3.05) is 19.0 Å². The van der Waals surface area contributed by atoms with Crippen molar-refractivity contribution in [1.29, 1.82) is 0 Å². The fourth-order valence-corrected chi connectivity index (χ4v) is 9.30. The number of aromatic hydroxyl groups is 6. The van der Waals surface area contributed by atoms with Crippen LogP contribution in [0, 0.1) is 24.4 Å². The van der Waals surface area contributed by atoms with Crippen molar-refractivity contribution >= 4 is 29.8 Å². The average molecular weight is 1040 g/mol. The third-order valence-electron chi connectivity index (χ3n) is 13.1. The molecule has 9 aromatic rings. The minimum absolute atomic E-state index is 0.0150. The zero-order valence-electron chi connectivity index (χ0n) is 43.0. The van der Waals surface area contributed by atoms with Gasteiger partial charge in [-0.25, -0.2) is 14.2 Å². The van der Waals surface area contributed by atoms with Gasteiger partial charge in [0.15, 0.2) is 4.77 Å². The van der Waals surface area contributed by atoms with E-state index in [9.17, 15) is 39.8 Å². The van der Waals surface area contributed by atoms with Crippen LogP contribution in [-0.2, 0) is 19.3 Å². The quantitative estimate of drug-likeness (QED) is 0.0572. The maximum atomic E-state index is 13.4. The smallest absolute Gasteiger partial charge is 0.330 e. The van der Waals surface area contributed by atoms with Crippen molar-refractivity contribution in [3.8, 4) is 85.3 Å². The largest absolute Gasteiger partial charge is 0.508 e. The minimum Gasteiger partial charge on any atom is -0.508 e. The lowest BCUT2D eigenvalue weighted by atomic mass is 10.0. The van der Waals surface area contributed by atoms with Crippen LogP contribution in [0.4, 0.5) is 10.1 Å². The Hall–Kier alpha value is -9.16. The number of hydrogen-bond acceptors (Lipinski definition) is 12. The van der Waals surface area contributed by atoms with Crippen molar-refractivity contribution in [3.63, 3.8) is 0 Å². The number of imidazole rings is 3. The van der Waals surface area contributed by atoms with Crippen LogP contribution in [0.1, 0.15) is 60.8 Å². The molecule has 3 aromatic heterocycles. The second kappa shape index (κ2) is 22.5. The van der Waals surface area contributed by atoms with Crippen molar-refractivity contribution in [1.82, 2.24) is 28.7 Å². The van der Waals surface area contributed by atoms with Crippen LogP contribution < -0.4 is 10.6 Å². The fraction of sp³-hybridized carbons (Fsp3) is 0.190. The van der Waals surface area contributed by atoms with E-state index >= 15 is 0 Å². The molecule has 8 N–H and O–H groups in total. The minimum atomic E-state index is -0.331. The van der Waals surface area contributed by atoms with Gasteiger partial charge in [-0.1, -0.05) is 45.0 Å². The molecule has 1 aliphatic rings. The molecule has 0 amide bonds.